The fourth-order valence-corrected chi connectivity index (χ4v) is 3.02. The number of aromatic nitrogens is 1. The van der Waals surface area contributed by atoms with Crippen LogP contribution in [-0.4, -0.2) is 41.0 Å². The Hall–Kier alpha value is -1.43. The van der Waals surface area contributed by atoms with Crippen LogP contribution in [0.25, 0.3) is 0 Å². The van der Waals surface area contributed by atoms with Crippen LogP contribution in [0.15, 0.2) is 5.38 Å². The minimum Gasteiger partial charge on any atom is -0.461 e. The number of rotatable bonds is 4. The van der Waals surface area contributed by atoms with E-state index in [1.54, 1.807) is 12.3 Å². The molecule has 1 saturated heterocycles. The molecule has 1 unspecified atom stereocenters. The van der Waals surface area contributed by atoms with Gasteiger partial charge in [0.15, 0.2) is 0 Å². The molecule has 1 fully saturated rings. The van der Waals surface area contributed by atoms with Gasteiger partial charge in [-0.2, -0.15) is 0 Å². The van der Waals surface area contributed by atoms with Crippen LogP contribution in [0, 0.1) is 0 Å². The highest BCUT2D eigenvalue weighted by atomic mass is 32.1. The van der Waals surface area contributed by atoms with E-state index >= 15 is 0 Å². The van der Waals surface area contributed by atoms with Crippen LogP contribution in [-0.2, 0) is 4.74 Å². The summed E-state index contributed by atoms with van der Waals surface area (Å²) in [6.07, 6.45) is 3.05. The highest BCUT2D eigenvalue weighted by molar-refractivity contribution is 7.11. The fourth-order valence-electron chi connectivity index (χ4n) is 2.33. The number of thiazole rings is 1. The molecule has 1 aliphatic rings. The first-order chi connectivity index (χ1) is 9.17. The van der Waals surface area contributed by atoms with E-state index in [9.17, 15) is 9.59 Å². The van der Waals surface area contributed by atoms with Crippen molar-refractivity contribution in [2.24, 2.45) is 0 Å². The Bertz CT molecular complexity index is 472. The molecule has 0 N–H and O–H groups in total. The maximum absolute atomic E-state index is 12.3. The topological polar surface area (TPSA) is 59.5 Å². The van der Waals surface area contributed by atoms with Gasteiger partial charge in [-0.25, -0.2) is 9.78 Å². The highest BCUT2D eigenvalue weighted by Crippen LogP contribution is 2.23. The number of ether oxygens (including phenoxy) is 1. The van der Waals surface area contributed by atoms with E-state index in [-0.39, 0.29) is 10.9 Å². The van der Waals surface area contributed by atoms with E-state index in [1.807, 2.05) is 4.90 Å². The average Bonchev–Trinajstić information content (AvgIpc) is 3.07. The number of likely N-dealkylation sites (tertiary alicyclic amines) is 1. The molecule has 0 bridgehead atoms. The smallest absolute Gasteiger partial charge is 0.367 e. The molecule has 1 aromatic rings. The summed E-state index contributed by atoms with van der Waals surface area (Å²) in [6, 6.07) is 0.306. The zero-order valence-corrected chi connectivity index (χ0v) is 12.0. The Labute approximate surface area is 116 Å². The number of carbonyl (C=O) groups excluding carboxylic acids is 2. The van der Waals surface area contributed by atoms with Crippen molar-refractivity contribution in [3.8, 4) is 0 Å². The van der Waals surface area contributed by atoms with Crippen molar-refractivity contribution in [2.45, 2.75) is 39.2 Å². The van der Waals surface area contributed by atoms with E-state index in [0.29, 0.717) is 18.3 Å². The summed E-state index contributed by atoms with van der Waals surface area (Å²) in [4.78, 5) is 29.8. The van der Waals surface area contributed by atoms with Crippen LogP contribution in [0.2, 0.25) is 0 Å². The van der Waals surface area contributed by atoms with Crippen LogP contribution in [0.4, 0.5) is 0 Å². The van der Waals surface area contributed by atoms with Gasteiger partial charge in [0.2, 0.25) is 5.01 Å². The molecule has 1 atom stereocenters. The van der Waals surface area contributed by atoms with Crippen molar-refractivity contribution in [3.05, 3.63) is 16.1 Å². The second kappa shape index (κ2) is 6.14. The van der Waals surface area contributed by atoms with E-state index in [0.717, 1.165) is 37.1 Å². The van der Waals surface area contributed by atoms with Gasteiger partial charge in [0.1, 0.15) is 5.69 Å². The monoisotopic (exact) mass is 282 g/mol. The second-order valence-corrected chi connectivity index (χ2v) is 5.32. The van der Waals surface area contributed by atoms with Gasteiger partial charge in [0.25, 0.3) is 5.91 Å². The first kappa shape index (κ1) is 14.0. The normalized spacial score (nSPS) is 18.6. The molecule has 1 aromatic heterocycles. The summed E-state index contributed by atoms with van der Waals surface area (Å²) in [7, 11) is 0. The van der Waals surface area contributed by atoms with Crippen molar-refractivity contribution < 1.29 is 14.3 Å². The maximum Gasteiger partial charge on any atom is 0.367 e. The molecule has 1 aliphatic heterocycles. The molecule has 0 aliphatic carbocycles. The molecule has 0 radical (unpaired) electrons. The number of amides is 1. The zero-order chi connectivity index (χ0) is 13.8. The third-order valence-electron chi connectivity index (χ3n) is 3.28. The molecule has 0 aromatic carbocycles. The number of nitrogens with zero attached hydrogens (tertiary/aromatic N) is 2. The third-order valence-corrected chi connectivity index (χ3v) is 4.10. The molecule has 6 heteroatoms. The van der Waals surface area contributed by atoms with Gasteiger partial charge in [-0.3, -0.25) is 4.79 Å². The number of esters is 1. The quantitative estimate of drug-likeness (QED) is 0.795. The second-order valence-electron chi connectivity index (χ2n) is 4.46. The van der Waals surface area contributed by atoms with Crippen LogP contribution >= 0.6 is 11.3 Å². The van der Waals surface area contributed by atoms with Crippen molar-refractivity contribution in [1.82, 2.24) is 9.88 Å². The molecule has 19 heavy (non-hydrogen) atoms. The Morgan fingerprint density at radius 3 is 3.00 bits per heavy atom. The predicted molar refractivity (Wildman–Crippen MR) is 72.4 cm³/mol. The molecule has 0 spiro atoms. The van der Waals surface area contributed by atoms with E-state index in [2.05, 4.69) is 11.9 Å². The van der Waals surface area contributed by atoms with Gasteiger partial charge in [0, 0.05) is 18.0 Å². The lowest BCUT2D eigenvalue weighted by atomic mass is 10.1. The van der Waals surface area contributed by atoms with Crippen molar-refractivity contribution in [2.75, 3.05) is 13.2 Å². The van der Waals surface area contributed by atoms with E-state index < -0.39 is 5.97 Å². The van der Waals surface area contributed by atoms with Gasteiger partial charge < -0.3 is 9.64 Å². The summed E-state index contributed by atoms with van der Waals surface area (Å²) in [5.41, 5.74) is 0.355. The Kier molecular flexibility index (Phi) is 4.52. The largest absolute Gasteiger partial charge is 0.461 e. The first-order valence-corrected chi connectivity index (χ1v) is 7.49. The first-order valence-electron chi connectivity index (χ1n) is 6.61. The van der Waals surface area contributed by atoms with Gasteiger partial charge in [-0.15, -0.1) is 11.3 Å². The molecule has 104 valence electrons. The molecule has 2 rings (SSSR count). The molecule has 5 nitrogen and oxygen atoms in total. The number of hydrogen-bond donors (Lipinski definition) is 0. The van der Waals surface area contributed by atoms with E-state index in [4.69, 9.17) is 4.74 Å². The molecule has 1 amide bonds. The average molecular weight is 282 g/mol. The number of hydrogen-bond acceptors (Lipinski definition) is 5. The Morgan fingerprint density at radius 2 is 2.32 bits per heavy atom. The van der Waals surface area contributed by atoms with Gasteiger partial charge in [0.05, 0.1) is 6.61 Å². The summed E-state index contributed by atoms with van der Waals surface area (Å²) in [5.74, 6) is -0.531. The lowest BCUT2D eigenvalue weighted by Gasteiger charge is -2.22. The predicted octanol–water partition coefficient (Wildman–Crippen LogP) is 2.33. The van der Waals surface area contributed by atoms with Crippen molar-refractivity contribution in [1.29, 1.82) is 0 Å². The molecule has 2 heterocycles. The van der Waals surface area contributed by atoms with E-state index in [1.165, 1.54) is 0 Å². The minimum absolute atomic E-state index is 0.0730. The van der Waals surface area contributed by atoms with Gasteiger partial charge in [-0.1, -0.05) is 6.92 Å². The van der Waals surface area contributed by atoms with Crippen LogP contribution < -0.4 is 0 Å². The summed E-state index contributed by atoms with van der Waals surface area (Å²) < 4.78 is 4.87. The van der Waals surface area contributed by atoms with Crippen LogP contribution in [0.3, 0.4) is 0 Å². The Balaban J connectivity index is 2.09. The Morgan fingerprint density at radius 1 is 1.53 bits per heavy atom. The SMILES string of the molecule is CCOC(=O)c1nc(C(=O)N2CCCC2CC)cs1. The fraction of sp³-hybridized carbons (Fsp3) is 0.615. The van der Waals surface area contributed by atoms with Crippen LogP contribution in [0.1, 0.15) is 53.4 Å². The molecule has 0 saturated carbocycles. The standard InChI is InChI=1S/C13H18N2O3S/c1-3-9-6-5-7-15(9)12(16)10-8-19-11(14-10)13(17)18-4-2/h8-9H,3-7H2,1-2H3. The van der Waals surface area contributed by atoms with Crippen molar-refractivity contribution in [3.63, 3.8) is 0 Å². The summed E-state index contributed by atoms with van der Waals surface area (Å²) in [5, 5.41) is 1.89. The molecular formula is C13H18N2O3S. The minimum atomic E-state index is -0.458. The van der Waals surface area contributed by atoms with Crippen LogP contribution in [0.5, 0.6) is 0 Å². The summed E-state index contributed by atoms with van der Waals surface area (Å²) >= 11 is 1.16. The number of carbonyl (C=O) groups is 2. The maximum atomic E-state index is 12.3. The van der Waals surface area contributed by atoms with Gasteiger partial charge >= 0.3 is 5.97 Å². The summed E-state index contributed by atoms with van der Waals surface area (Å²) in [6.45, 7) is 4.92. The lowest BCUT2D eigenvalue weighted by molar-refractivity contribution is 0.0526. The third kappa shape index (κ3) is 2.94. The lowest BCUT2D eigenvalue weighted by Crippen LogP contribution is -2.35. The van der Waals surface area contributed by atoms with Gasteiger partial charge in [-0.05, 0) is 26.2 Å². The van der Waals surface area contributed by atoms with Crippen molar-refractivity contribution >= 4 is 23.2 Å². The zero-order valence-electron chi connectivity index (χ0n) is 11.2. The highest BCUT2D eigenvalue weighted by Gasteiger charge is 2.29. The molecular weight excluding hydrogens is 264 g/mol.